The molecule has 0 saturated heterocycles. The Kier molecular flexibility index (Phi) is 11.0. The molecule has 0 fully saturated rings. The largest absolute Gasteiger partial charge is 0.493 e. The molecule has 0 saturated carbocycles. The smallest absolute Gasteiger partial charge is 0.343 e. The van der Waals surface area contributed by atoms with Crippen LogP contribution in [-0.2, 0) is 25.7 Å². The molecular weight excluding hydrogens is 636 g/mol. The molecule has 0 N–H and O–H groups in total. The predicted octanol–water partition coefficient (Wildman–Crippen LogP) is 4.34. The van der Waals surface area contributed by atoms with Crippen LogP contribution in [0.1, 0.15) is 43.5 Å². The van der Waals surface area contributed by atoms with Gasteiger partial charge in [-0.2, -0.15) is 0 Å². The topological polar surface area (TPSA) is 124 Å². The van der Waals surface area contributed by atoms with E-state index in [1.807, 2.05) is 43.3 Å². The molecule has 2 heterocycles. The molecule has 0 amide bonds. The van der Waals surface area contributed by atoms with E-state index in [1.54, 1.807) is 57.4 Å². The molecule has 1 aliphatic heterocycles. The number of allylic oxidation sites excluding steroid dienone is 1. The lowest BCUT2D eigenvalue weighted by Crippen LogP contribution is -2.40. The van der Waals surface area contributed by atoms with E-state index in [1.165, 1.54) is 23.0 Å². The fraction of sp³-hybridized carbons (Fsp3) is 0.278. The van der Waals surface area contributed by atoms with E-state index in [-0.39, 0.29) is 24.3 Å². The molecule has 48 heavy (non-hydrogen) atoms. The van der Waals surface area contributed by atoms with Crippen molar-refractivity contribution in [3.05, 3.63) is 114 Å². The van der Waals surface area contributed by atoms with Gasteiger partial charge < -0.3 is 28.4 Å². The van der Waals surface area contributed by atoms with Crippen LogP contribution in [0.4, 0.5) is 0 Å². The molecule has 4 aromatic rings. The number of ether oxygens (including phenoxy) is 6. The summed E-state index contributed by atoms with van der Waals surface area (Å²) < 4.78 is 35.1. The summed E-state index contributed by atoms with van der Waals surface area (Å²) in [7, 11) is 2.83. The third-order valence-corrected chi connectivity index (χ3v) is 8.38. The van der Waals surface area contributed by atoms with Crippen molar-refractivity contribution < 1.29 is 38.0 Å². The van der Waals surface area contributed by atoms with Gasteiger partial charge in [-0.1, -0.05) is 53.8 Å². The first-order valence-corrected chi connectivity index (χ1v) is 16.1. The Labute approximate surface area is 281 Å². The van der Waals surface area contributed by atoms with Gasteiger partial charge in [-0.3, -0.25) is 9.36 Å². The Morgan fingerprint density at radius 1 is 0.896 bits per heavy atom. The molecule has 3 aromatic carbocycles. The second-order valence-corrected chi connectivity index (χ2v) is 11.5. The Bertz CT molecular complexity index is 2010. The number of hydrogen-bond acceptors (Lipinski definition) is 11. The van der Waals surface area contributed by atoms with Crippen molar-refractivity contribution in [2.45, 2.75) is 33.4 Å². The van der Waals surface area contributed by atoms with Crippen molar-refractivity contribution >= 4 is 29.4 Å². The van der Waals surface area contributed by atoms with Crippen molar-refractivity contribution in [1.29, 1.82) is 0 Å². The monoisotopic (exact) mass is 672 g/mol. The number of methoxy groups -OCH3 is 2. The van der Waals surface area contributed by atoms with E-state index in [2.05, 4.69) is 9.73 Å². The number of aromatic nitrogens is 1. The van der Waals surface area contributed by atoms with E-state index in [9.17, 15) is 14.4 Å². The minimum absolute atomic E-state index is 0.143. The van der Waals surface area contributed by atoms with Gasteiger partial charge in [-0.05, 0) is 67.8 Å². The highest BCUT2D eigenvalue weighted by Gasteiger charge is 2.34. The Hall–Kier alpha value is -5.36. The third-order valence-electron chi connectivity index (χ3n) is 7.40. The molecule has 1 atom stereocenters. The quantitative estimate of drug-likeness (QED) is 0.191. The fourth-order valence-electron chi connectivity index (χ4n) is 5.16. The Morgan fingerprint density at radius 2 is 1.65 bits per heavy atom. The normalized spacial score (nSPS) is 14.1. The number of fused-ring (bicyclic) bond motifs is 1. The Morgan fingerprint density at radius 3 is 2.35 bits per heavy atom. The van der Waals surface area contributed by atoms with E-state index in [0.29, 0.717) is 62.4 Å². The molecule has 11 nitrogen and oxygen atoms in total. The number of nitrogens with zero attached hydrogens (tertiary/aromatic N) is 2. The van der Waals surface area contributed by atoms with Gasteiger partial charge in [-0.15, -0.1) is 0 Å². The van der Waals surface area contributed by atoms with Gasteiger partial charge in [0, 0.05) is 0 Å². The maximum atomic E-state index is 14.1. The van der Waals surface area contributed by atoms with Gasteiger partial charge in [-0.25, -0.2) is 14.6 Å². The van der Waals surface area contributed by atoms with Crippen LogP contribution < -0.4 is 33.8 Å². The maximum absolute atomic E-state index is 14.1. The average Bonchev–Trinajstić information content (AvgIpc) is 3.40. The van der Waals surface area contributed by atoms with Gasteiger partial charge in [0.1, 0.15) is 6.61 Å². The summed E-state index contributed by atoms with van der Waals surface area (Å²) in [5, 5.41) is 0. The van der Waals surface area contributed by atoms with Crippen LogP contribution in [0.25, 0.3) is 6.08 Å². The molecule has 0 aliphatic carbocycles. The summed E-state index contributed by atoms with van der Waals surface area (Å²) in [5.41, 5.74) is 2.61. The van der Waals surface area contributed by atoms with Crippen molar-refractivity contribution in [2.75, 3.05) is 34.0 Å². The molecule has 0 spiro atoms. The maximum Gasteiger partial charge on any atom is 0.343 e. The molecule has 1 aromatic heterocycles. The third kappa shape index (κ3) is 7.44. The van der Waals surface area contributed by atoms with Gasteiger partial charge in [0.2, 0.25) is 0 Å². The van der Waals surface area contributed by atoms with Gasteiger partial charge >= 0.3 is 11.9 Å². The van der Waals surface area contributed by atoms with Gasteiger partial charge in [0.15, 0.2) is 34.4 Å². The van der Waals surface area contributed by atoms with Gasteiger partial charge in [0.25, 0.3) is 5.56 Å². The van der Waals surface area contributed by atoms with E-state index in [4.69, 9.17) is 23.7 Å². The number of esters is 2. The summed E-state index contributed by atoms with van der Waals surface area (Å²) in [6.45, 7) is 5.75. The molecule has 0 bridgehead atoms. The van der Waals surface area contributed by atoms with Crippen molar-refractivity contribution in [3.8, 4) is 23.0 Å². The van der Waals surface area contributed by atoms with Crippen molar-refractivity contribution in [1.82, 2.24) is 4.57 Å². The number of thiazole rings is 1. The fourth-order valence-corrected chi connectivity index (χ4v) is 6.21. The molecular formula is C36H36N2O9S. The molecule has 250 valence electrons. The summed E-state index contributed by atoms with van der Waals surface area (Å²) in [5.74, 6) is 0.589. The molecule has 0 radical (unpaired) electrons. The highest BCUT2D eigenvalue weighted by molar-refractivity contribution is 7.07. The summed E-state index contributed by atoms with van der Waals surface area (Å²) >= 11 is 1.21. The van der Waals surface area contributed by atoms with E-state index in [0.717, 1.165) is 5.56 Å². The second-order valence-electron chi connectivity index (χ2n) is 10.5. The first kappa shape index (κ1) is 34.0. The minimum Gasteiger partial charge on any atom is -0.493 e. The highest BCUT2D eigenvalue weighted by atomic mass is 32.1. The first-order chi connectivity index (χ1) is 23.3. The number of benzene rings is 3. The minimum atomic E-state index is -0.875. The molecule has 1 aliphatic rings. The average molecular weight is 673 g/mol. The lowest BCUT2D eigenvalue weighted by molar-refractivity contribution is -0.143. The number of carbonyl (C=O) groups is 2. The first-order valence-electron chi connectivity index (χ1n) is 15.3. The van der Waals surface area contributed by atoms with Crippen molar-refractivity contribution in [2.24, 2.45) is 4.99 Å². The van der Waals surface area contributed by atoms with Crippen LogP contribution >= 0.6 is 11.3 Å². The zero-order chi connectivity index (χ0) is 34.2. The number of rotatable bonds is 13. The SMILES string of the molecule is CCOC(=O)C1=C(C)N=c2s/c(=C\c3ccc(OCc4ccccc4)c(OC)c3)c(=O)n2[C@@H]1c1ccc(OCC(=O)OC)c(OCC)c1. The van der Waals surface area contributed by atoms with Crippen LogP contribution in [0, 0.1) is 0 Å². The zero-order valence-corrected chi connectivity index (χ0v) is 28.1. The van der Waals surface area contributed by atoms with Crippen LogP contribution in [0.3, 0.4) is 0 Å². The highest BCUT2D eigenvalue weighted by Crippen LogP contribution is 2.36. The van der Waals surface area contributed by atoms with Gasteiger partial charge in [0.05, 0.1) is 49.3 Å². The number of carbonyl (C=O) groups excluding carboxylic acids is 2. The molecule has 5 rings (SSSR count). The predicted molar refractivity (Wildman–Crippen MR) is 179 cm³/mol. The second kappa shape index (κ2) is 15.5. The zero-order valence-electron chi connectivity index (χ0n) is 27.3. The van der Waals surface area contributed by atoms with Crippen LogP contribution in [0.5, 0.6) is 23.0 Å². The van der Waals surface area contributed by atoms with Crippen LogP contribution in [0.2, 0.25) is 0 Å². The summed E-state index contributed by atoms with van der Waals surface area (Å²) in [6.07, 6.45) is 1.75. The molecule has 12 heteroatoms. The van der Waals surface area contributed by atoms with E-state index < -0.39 is 18.0 Å². The summed E-state index contributed by atoms with van der Waals surface area (Å²) in [6, 6.07) is 19.4. The summed E-state index contributed by atoms with van der Waals surface area (Å²) in [4.78, 5) is 44.3. The van der Waals surface area contributed by atoms with Crippen LogP contribution in [0.15, 0.2) is 87.8 Å². The van der Waals surface area contributed by atoms with Crippen LogP contribution in [-0.4, -0.2) is 50.5 Å². The molecule has 0 unspecified atom stereocenters. The van der Waals surface area contributed by atoms with Crippen molar-refractivity contribution in [3.63, 3.8) is 0 Å². The number of hydrogen-bond donors (Lipinski definition) is 0. The standard InChI is InChI=1S/C36H36N2O9S/c1-6-44-29-19-25(14-16-27(29)47-21-31(39)43-5)33-32(35(41)45-7-2)22(3)37-36-38(33)34(40)30(48-36)18-24-13-15-26(28(17-24)42-4)46-20-23-11-9-8-10-12-23/h8-19,33H,6-7,20-21H2,1-5H3/b30-18-/t33-/m1/s1. The van der Waals surface area contributed by atoms with E-state index >= 15 is 0 Å². The lowest BCUT2D eigenvalue weighted by atomic mass is 9.95. The Balaban J connectivity index is 1.57. The lowest BCUT2D eigenvalue weighted by Gasteiger charge is -2.25.